The molecule has 4 rings (SSSR count). The normalized spacial score (nSPS) is 34.8. The fourth-order valence-electron chi connectivity index (χ4n) is 5.35. The van der Waals surface area contributed by atoms with Gasteiger partial charge in [-0.2, -0.15) is 0 Å². The minimum absolute atomic E-state index is 0.0313. The van der Waals surface area contributed by atoms with Crippen LogP contribution in [0.4, 0.5) is 0 Å². The minimum atomic E-state index is -0.542. The van der Waals surface area contributed by atoms with E-state index in [1.54, 1.807) is 4.90 Å². The molecule has 1 spiro atoms. The van der Waals surface area contributed by atoms with E-state index in [4.69, 9.17) is 9.47 Å². The lowest BCUT2D eigenvalue weighted by Crippen LogP contribution is -2.59. The summed E-state index contributed by atoms with van der Waals surface area (Å²) in [7, 11) is 2.09. The molecule has 2 amide bonds. The van der Waals surface area contributed by atoms with E-state index in [0.717, 1.165) is 32.0 Å². The summed E-state index contributed by atoms with van der Waals surface area (Å²) in [6, 6.07) is -0.131. The highest BCUT2D eigenvalue weighted by Gasteiger charge is 2.53. The molecular formula is C25H46N4O4. The highest BCUT2D eigenvalue weighted by Crippen LogP contribution is 2.41. The van der Waals surface area contributed by atoms with Gasteiger partial charge in [0.05, 0.1) is 12.6 Å². The summed E-state index contributed by atoms with van der Waals surface area (Å²) in [5.74, 6) is 0.818. The van der Waals surface area contributed by atoms with Gasteiger partial charge in [-0.3, -0.25) is 9.59 Å². The van der Waals surface area contributed by atoms with Gasteiger partial charge in [0.15, 0.2) is 5.79 Å². The van der Waals surface area contributed by atoms with Gasteiger partial charge in [0.1, 0.15) is 12.2 Å². The van der Waals surface area contributed by atoms with Crippen LogP contribution in [-0.2, 0) is 19.1 Å². The Morgan fingerprint density at radius 2 is 1.73 bits per heavy atom. The summed E-state index contributed by atoms with van der Waals surface area (Å²) >= 11 is 0. The van der Waals surface area contributed by atoms with E-state index in [1.165, 1.54) is 0 Å². The van der Waals surface area contributed by atoms with Crippen molar-refractivity contribution in [2.75, 3.05) is 46.3 Å². The average Bonchev–Trinajstić information content (AvgIpc) is 3.17. The van der Waals surface area contributed by atoms with Gasteiger partial charge in [-0.1, -0.05) is 34.6 Å². The van der Waals surface area contributed by atoms with Crippen molar-refractivity contribution in [1.29, 1.82) is 0 Å². The SMILES string of the molecule is CC(C)C.CC(C)CC1NCCN(CC(=O)N2CCC3(CC2C)OC2CN(C)CC2O3)C1=O. The molecule has 4 fully saturated rings. The highest BCUT2D eigenvalue weighted by atomic mass is 16.8. The van der Waals surface area contributed by atoms with Crippen LogP contribution in [0.1, 0.15) is 60.8 Å². The van der Waals surface area contributed by atoms with Crippen molar-refractivity contribution in [2.24, 2.45) is 11.8 Å². The molecule has 4 unspecified atom stereocenters. The minimum Gasteiger partial charge on any atom is -0.342 e. The van der Waals surface area contributed by atoms with Crippen LogP contribution in [-0.4, -0.2) is 103 Å². The third-order valence-electron chi connectivity index (χ3n) is 6.74. The molecule has 0 saturated carbocycles. The third-order valence-corrected chi connectivity index (χ3v) is 6.74. The number of hydrogen-bond acceptors (Lipinski definition) is 6. The number of ether oxygens (including phenoxy) is 2. The Kier molecular flexibility index (Phi) is 8.81. The summed E-state index contributed by atoms with van der Waals surface area (Å²) in [5.41, 5.74) is 0. The quantitative estimate of drug-likeness (QED) is 0.683. The number of amides is 2. The van der Waals surface area contributed by atoms with Gasteiger partial charge >= 0.3 is 0 Å². The van der Waals surface area contributed by atoms with Crippen molar-refractivity contribution < 1.29 is 19.1 Å². The zero-order valence-electron chi connectivity index (χ0n) is 21.8. The second-order valence-electron chi connectivity index (χ2n) is 11.5. The molecule has 1 N–H and O–H groups in total. The molecule has 0 bridgehead atoms. The number of piperidine rings is 1. The standard InChI is InChI=1S/C21H36N4O4.C4H10/c1-14(2)9-16-20(27)24(8-6-22-16)13-19(26)25-7-5-21(10-15(25)3)28-17-11-23(4)12-18(17)29-21;1-4(2)3/h14-18,22H,5-13H2,1-4H3;4H,1-3H3. The summed E-state index contributed by atoms with van der Waals surface area (Å²) in [4.78, 5) is 31.6. The number of carbonyl (C=O) groups is 2. The van der Waals surface area contributed by atoms with Crippen LogP contribution >= 0.6 is 0 Å². The molecule has 0 radical (unpaired) electrons. The van der Waals surface area contributed by atoms with E-state index in [1.807, 2.05) is 4.90 Å². The number of nitrogens with zero attached hydrogens (tertiary/aromatic N) is 3. The van der Waals surface area contributed by atoms with Crippen LogP contribution in [0.3, 0.4) is 0 Å². The Balaban J connectivity index is 0.000000709. The Bertz CT molecular complexity index is 669. The van der Waals surface area contributed by atoms with E-state index in [9.17, 15) is 9.59 Å². The Hall–Kier alpha value is -1.22. The molecule has 4 aliphatic rings. The molecule has 0 aromatic rings. The Morgan fingerprint density at radius 3 is 2.27 bits per heavy atom. The van der Waals surface area contributed by atoms with Crippen LogP contribution in [0.5, 0.6) is 0 Å². The van der Waals surface area contributed by atoms with Crippen LogP contribution in [0.15, 0.2) is 0 Å². The maximum absolute atomic E-state index is 13.0. The van der Waals surface area contributed by atoms with Gasteiger partial charge < -0.3 is 29.5 Å². The van der Waals surface area contributed by atoms with E-state index in [0.29, 0.717) is 31.8 Å². The van der Waals surface area contributed by atoms with Gasteiger partial charge in [0.25, 0.3) is 0 Å². The molecule has 8 heteroatoms. The first-order valence-electron chi connectivity index (χ1n) is 12.9. The molecule has 33 heavy (non-hydrogen) atoms. The second kappa shape index (κ2) is 11.0. The summed E-state index contributed by atoms with van der Waals surface area (Å²) in [6.45, 7) is 16.7. The number of likely N-dealkylation sites (tertiary alicyclic amines) is 2. The van der Waals surface area contributed by atoms with E-state index in [-0.39, 0.29) is 42.7 Å². The lowest BCUT2D eigenvalue weighted by Gasteiger charge is -2.44. The number of rotatable bonds is 4. The van der Waals surface area contributed by atoms with E-state index in [2.05, 4.69) is 58.8 Å². The topological polar surface area (TPSA) is 74.3 Å². The summed E-state index contributed by atoms with van der Waals surface area (Å²) in [6.07, 6.45) is 2.49. The largest absolute Gasteiger partial charge is 0.342 e. The van der Waals surface area contributed by atoms with E-state index < -0.39 is 5.79 Å². The molecule has 4 heterocycles. The van der Waals surface area contributed by atoms with Crippen LogP contribution < -0.4 is 5.32 Å². The maximum atomic E-state index is 13.0. The smallest absolute Gasteiger partial charge is 0.242 e. The zero-order chi connectivity index (χ0) is 24.3. The molecule has 0 aromatic heterocycles. The Morgan fingerprint density at radius 1 is 1.12 bits per heavy atom. The monoisotopic (exact) mass is 466 g/mol. The molecule has 0 aromatic carbocycles. The van der Waals surface area contributed by atoms with Crippen molar-refractivity contribution in [3.8, 4) is 0 Å². The first kappa shape index (κ1) is 26.4. The summed E-state index contributed by atoms with van der Waals surface area (Å²) < 4.78 is 12.7. The summed E-state index contributed by atoms with van der Waals surface area (Å²) in [5, 5.41) is 3.29. The maximum Gasteiger partial charge on any atom is 0.242 e. The lowest BCUT2D eigenvalue weighted by atomic mass is 9.96. The lowest BCUT2D eigenvalue weighted by molar-refractivity contribution is -0.216. The fourth-order valence-corrected chi connectivity index (χ4v) is 5.35. The molecular weight excluding hydrogens is 420 g/mol. The van der Waals surface area contributed by atoms with E-state index >= 15 is 0 Å². The van der Waals surface area contributed by atoms with Crippen LogP contribution in [0, 0.1) is 11.8 Å². The number of fused-ring (bicyclic) bond motifs is 1. The number of nitrogens with one attached hydrogen (secondary N) is 1. The van der Waals surface area contributed by atoms with Gasteiger partial charge in [0.2, 0.25) is 11.8 Å². The molecule has 4 saturated heterocycles. The average molecular weight is 467 g/mol. The Labute approximate surface area is 200 Å². The first-order chi connectivity index (χ1) is 15.5. The van der Waals surface area contributed by atoms with Crippen molar-refractivity contribution >= 4 is 11.8 Å². The zero-order valence-corrected chi connectivity index (χ0v) is 21.8. The second-order valence-corrected chi connectivity index (χ2v) is 11.5. The van der Waals surface area contributed by atoms with Crippen LogP contribution in [0.2, 0.25) is 0 Å². The van der Waals surface area contributed by atoms with Gasteiger partial charge in [-0.15, -0.1) is 0 Å². The number of hydrogen-bond donors (Lipinski definition) is 1. The number of carbonyl (C=O) groups excluding carboxylic acids is 2. The first-order valence-corrected chi connectivity index (χ1v) is 12.9. The van der Waals surface area contributed by atoms with Crippen molar-refractivity contribution in [3.05, 3.63) is 0 Å². The molecule has 8 nitrogen and oxygen atoms in total. The highest BCUT2D eigenvalue weighted by molar-refractivity contribution is 5.88. The third kappa shape index (κ3) is 6.68. The number of piperazine rings is 1. The number of likely N-dealkylation sites (N-methyl/N-ethyl adjacent to an activating group) is 1. The molecule has 0 aliphatic carbocycles. The molecule has 4 atom stereocenters. The van der Waals surface area contributed by atoms with Crippen molar-refractivity contribution in [1.82, 2.24) is 20.0 Å². The van der Waals surface area contributed by atoms with Crippen molar-refractivity contribution in [3.63, 3.8) is 0 Å². The fraction of sp³-hybridized carbons (Fsp3) is 0.920. The van der Waals surface area contributed by atoms with Crippen LogP contribution in [0.25, 0.3) is 0 Å². The van der Waals surface area contributed by atoms with Gasteiger partial charge in [0, 0.05) is 51.6 Å². The van der Waals surface area contributed by atoms with Gasteiger partial charge in [-0.05, 0) is 32.2 Å². The predicted molar refractivity (Wildman–Crippen MR) is 129 cm³/mol. The molecule has 4 aliphatic heterocycles. The molecule has 190 valence electrons. The van der Waals surface area contributed by atoms with Gasteiger partial charge in [-0.25, -0.2) is 0 Å². The predicted octanol–water partition coefficient (Wildman–Crippen LogP) is 1.93. The van der Waals surface area contributed by atoms with Crippen molar-refractivity contribution in [2.45, 2.75) is 90.9 Å².